The molecule has 1 aliphatic rings. The molecule has 29 heavy (non-hydrogen) atoms. The summed E-state index contributed by atoms with van der Waals surface area (Å²) in [6.45, 7) is 11.7. The summed E-state index contributed by atoms with van der Waals surface area (Å²) in [6.07, 6.45) is 2.82. The van der Waals surface area contributed by atoms with E-state index in [1.807, 2.05) is 31.5 Å². The molecular weight excluding hydrogens is 366 g/mol. The number of nitrogens with zero attached hydrogens (tertiary/aromatic N) is 7. The van der Waals surface area contributed by atoms with Crippen LogP contribution in [0, 0.1) is 34.6 Å². The summed E-state index contributed by atoms with van der Waals surface area (Å²) >= 11 is 0. The zero-order chi connectivity index (χ0) is 20.3. The highest BCUT2D eigenvalue weighted by atomic mass is 16.5. The number of fused-ring (bicyclic) bond motifs is 2. The van der Waals surface area contributed by atoms with Crippen LogP contribution in [0.2, 0.25) is 0 Å². The smallest absolute Gasteiger partial charge is 0.181 e. The quantitative estimate of drug-likeness (QED) is 0.520. The standard InChI is InChI=1S/C21H23N7O/c1-11-12(2)21(25-28-15(5)23-24-20(11)28)27-7-6-18-17(10-27)8-16(9-22-18)19-13(3)26-29-14(19)4/h8-9H,6-7,10H2,1-5H3. The number of aromatic nitrogens is 6. The van der Waals surface area contributed by atoms with Crippen LogP contribution in [0.5, 0.6) is 0 Å². The fourth-order valence-electron chi connectivity index (χ4n) is 4.16. The summed E-state index contributed by atoms with van der Waals surface area (Å²) < 4.78 is 7.18. The molecule has 148 valence electrons. The Morgan fingerprint density at radius 1 is 1.03 bits per heavy atom. The third-order valence-electron chi connectivity index (χ3n) is 5.89. The maximum Gasteiger partial charge on any atom is 0.181 e. The lowest BCUT2D eigenvalue weighted by Crippen LogP contribution is -2.33. The van der Waals surface area contributed by atoms with Gasteiger partial charge in [0.05, 0.1) is 5.69 Å². The van der Waals surface area contributed by atoms with Gasteiger partial charge in [0.2, 0.25) is 0 Å². The first-order valence-corrected chi connectivity index (χ1v) is 9.79. The van der Waals surface area contributed by atoms with E-state index in [1.165, 1.54) is 5.56 Å². The first-order valence-electron chi connectivity index (χ1n) is 9.79. The normalized spacial score (nSPS) is 13.9. The van der Waals surface area contributed by atoms with Gasteiger partial charge < -0.3 is 9.42 Å². The molecule has 0 aromatic carbocycles. The molecular formula is C21H23N7O. The molecule has 8 heteroatoms. The average molecular weight is 389 g/mol. The second-order valence-corrected chi connectivity index (χ2v) is 7.76. The molecule has 0 fully saturated rings. The Morgan fingerprint density at radius 2 is 1.86 bits per heavy atom. The SMILES string of the molecule is Cc1noc(C)c1-c1cnc2c(c1)CN(c1nn3c(C)nnc3c(C)c1C)CC2. The lowest BCUT2D eigenvalue weighted by molar-refractivity contribution is 0.393. The van der Waals surface area contributed by atoms with Crippen molar-refractivity contribution in [2.45, 2.75) is 47.6 Å². The highest BCUT2D eigenvalue weighted by molar-refractivity contribution is 5.68. The Bertz CT molecular complexity index is 1230. The molecule has 1 aliphatic heterocycles. The lowest BCUT2D eigenvalue weighted by Gasteiger charge is -2.30. The molecule has 4 aromatic rings. The fraction of sp³-hybridized carbons (Fsp3) is 0.381. The van der Waals surface area contributed by atoms with Crippen molar-refractivity contribution in [1.82, 2.24) is 30.0 Å². The molecule has 8 nitrogen and oxygen atoms in total. The number of anilines is 1. The van der Waals surface area contributed by atoms with Gasteiger partial charge in [-0.25, -0.2) is 0 Å². The molecule has 4 aromatic heterocycles. The Hall–Kier alpha value is -3.29. The average Bonchev–Trinajstić information content (AvgIpc) is 3.25. The molecule has 0 amide bonds. The van der Waals surface area contributed by atoms with E-state index in [0.29, 0.717) is 0 Å². The minimum atomic E-state index is 0.763. The van der Waals surface area contributed by atoms with Gasteiger partial charge >= 0.3 is 0 Å². The highest BCUT2D eigenvalue weighted by Crippen LogP contribution is 2.31. The van der Waals surface area contributed by atoms with Crippen LogP contribution in [-0.2, 0) is 13.0 Å². The summed E-state index contributed by atoms with van der Waals surface area (Å²) in [5.41, 5.74) is 8.41. The van der Waals surface area contributed by atoms with Crippen LogP contribution < -0.4 is 4.90 Å². The molecule has 0 unspecified atom stereocenters. The molecule has 0 saturated carbocycles. The summed E-state index contributed by atoms with van der Waals surface area (Å²) in [5.74, 6) is 2.59. The third-order valence-corrected chi connectivity index (χ3v) is 5.89. The second kappa shape index (κ2) is 6.37. The molecule has 0 N–H and O–H groups in total. The molecule has 5 rings (SSSR count). The van der Waals surface area contributed by atoms with Crippen molar-refractivity contribution in [2.24, 2.45) is 0 Å². The van der Waals surface area contributed by atoms with Gasteiger partial charge in [-0.15, -0.1) is 15.3 Å². The Balaban J connectivity index is 1.56. The van der Waals surface area contributed by atoms with Gasteiger partial charge in [-0.2, -0.15) is 4.52 Å². The van der Waals surface area contributed by atoms with Crippen LogP contribution in [0.3, 0.4) is 0 Å². The number of rotatable bonds is 2. The van der Waals surface area contributed by atoms with Crippen LogP contribution >= 0.6 is 0 Å². The van der Waals surface area contributed by atoms with Gasteiger partial charge in [0.15, 0.2) is 17.3 Å². The molecule has 0 bridgehead atoms. The first-order chi connectivity index (χ1) is 13.9. The van der Waals surface area contributed by atoms with E-state index in [9.17, 15) is 0 Å². The summed E-state index contributed by atoms with van der Waals surface area (Å²) in [6, 6.07) is 2.21. The highest BCUT2D eigenvalue weighted by Gasteiger charge is 2.24. The van der Waals surface area contributed by atoms with Crippen molar-refractivity contribution >= 4 is 11.5 Å². The zero-order valence-electron chi connectivity index (χ0n) is 17.3. The topological polar surface area (TPSA) is 85.2 Å². The molecule has 0 atom stereocenters. The Morgan fingerprint density at radius 3 is 2.62 bits per heavy atom. The minimum Gasteiger partial charge on any atom is -0.361 e. The predicted octanol–water partition coefficient (Wildman–Crippen LogP) is 3.28. The molecule has 0 radical (unpaired) electrons. The summed E-state index contributed by atoms with van der Waals surface area (Å²) in [5, 5.41) is 17.4. The van der Waals surface area contributed by atoms with Gasteiger partial charge in [0, 0.05) is 53.7 Å². The number of aryl methyl sites for hydroxylation is 4. The first kappa shape index (κ1) is 17.8. The van der Waals surface area contributed by atoms with E-state index in [-0.39, 0.29) is 0 Å². The molecule has 5 heterocycles. The van der Waals surface area contributed by atoms with Crippen LogP contribution in [0.1, 0.15) is 39.7 Å². The van der Waals surface area contributed by atoms with Gasteiger partial charge in [0.25, 0.3) is 0 Å². The maximum absolute atomic E-state index is 5.34. The van der Waals surface area contributed by atoms with Gasteiger partial charge in [-0.1, -0.05) is 5.16 Å². The van der Waals surface area contributed by atoms with E-state index >= 15 is 0 Å². The van der Waals surface area contributed by atoms with E-state index < -0.39 is 0 Å². The minimum absolute atomic E-state index is 0.763. The van der Waals surface area contributed by atoms with Crippen LogP contribution in [-0.4, -0.2) is 36.5 Å². The van der Waals surface area contributed by atoms with Gasteiger partial charge in [0.1, 0.15) is 5.76 Å². The van der Waals surface area contributed by atoms with Gasteiger partial charge in [-0.3, -0.25) is 4.98 Å². The van der Waals surface area contributed by atoms with Crippen molar-refractivity contribution in [3.8, 4) is 11.1 Å². The van der Waals surface area contributed by atoms with E-state index in [0.717, 1.165) is 76.2 Å². The largest absolute Gasteiger partial charge is 0.361 e. The van der Waals surface area contributed by atoms with Crippen molar-refractivity contribution in [3.63, 3.8) is 0 Å². The van der Waals surface area contributed by atoms with Crippen LogP contribution in [0.25, 0.3) is 16.8 Å². The van der Waals surface area contributed by atoms with E-state index in [1.54, 1.807) is 0 Å². The zero-order valence-corrected chi connectivity index (χ0v) is 17.3. The van der Waals surface area contributed by atoms with Crippen molar-refractivity contribution < 1.29 is 4.52 Å². The van der Waals surface area contributed by atoms with Gasteiger partial charge in [-0.05, 0) is 46.2 Å². The molecule has 0 aliphatic carbocycles. The van der Waals surface area contributed by atoms with Crippen molar-refractivity contribution in [1.29, 1.82) is 0 Å². The predicted molar refractivity (Wildman–Crippen MR) is 109 cm³/mol. The Labute approximate surface area is 168 Å². The monoisotopic (exact) mass is 389 g/mol. The maximum atomic E-state index is 5.34. The van der Waals surface area contributed by atoms with E-state index in [2.05, 4.69) is 40.2 Å². The molecule has 0 spiro atoms. The number of pyridine rings is 1. The van der Waals surface area contributed by atoms with E-state index in [4.69, 9.17) is 14.6 Å². The lowest BCUT2D eigenvalue weighted by atomic mass is 9.99. The number of hydrogen-bond donors (Lipinski definition) is 0. The van der Waals surface area contributed by atoms with Crippen LogP contribution in [0.15, 0.2) is 16.8 Å². The summed E-state index contributed by atoms with van der Waals surface area (Å²) in [7, 11) is 0. The van der Waals surface area contributed by atoms with Crippen LogP contribution in [0.4, 0.5) is 5.82 Å². The van der Waals surface area contributed by atoms with Crippen molar-refractivity contribution in [3.05, 3.63) is 51.9 Å². The fourth-order valence-corrected chi connectivity index (χ4v) is 4.16. The number of hydrogen-bond acceptors (Lipinski definition) is 7. The Kier molecular flexibility index (Phi) is 3.90. The van der Waals surface area contributed by atoms with Crippen molar-refractivity contribution in [2.75, 3.05) is 11.4 Å². The molecule has 0 saturated heterocycles. The summed E-state index contributed by atoms with van der Waals surface area (Å²) in [4.78, 5) is 7.06. The second-order valence-electron chi connectivity index (χ2n) is 7.76. The third kappa shape index (κ3) is 2.70.